The summed E-state index contributed by atoms with van der Waals surface area (Å²) >= 11 is 0. The van der Waals surface area contributed by atoms with Crippen LogP contribution in [0.5, 0.6) is 0 Å². The first kappa shape index (κ1) is 14.0. The summed E-state index contributed by atoms with van der Waals surface area (Å²) in [4.78, 5) is 7.79. The zero-order valence-corrected chi connectivity index (χ0v) is 12.0. The molecule has 1 aromatic heterocycles. The first-order valence-electron chi connectivity index (χ1n) is 6.35. The molecule has 0 saturated carbocycles. The third kappa shape index (κ3) is 3.13. The van der Waals surface area contributed by atoms with Gasteiger partial charge in [0.2, 0.25) is 0 Å². The van der Waals surface area contributed by atoms with Crippen LogP contribution in [0, 0.1) is 0 Å². The number of aromatic amines is 1. The van der Waals surface area contributed by atoms with Crippen molar-refractivity contribution in [2.75, 3.05) is 6.26 Å². The number of hydrogen-bond donors (Lipinski definition) is 2. The summed E-state index contributed by atoms with van der Waals surface area (Å²) in [5, 5.41) is 0. The summed E-state index contributed by atoms with van der Waals surface area (Å²) in [5.41, 5.74) is 7.22. The van der Waals surface area contributed by atoms with Gasteiger partial charge in [-0.3, -0.25) is 0 Å². The molecule has 2 rings (SSSR count). The molecule has 19 heavy (non-hydrogen) atoms. The van der Waals surface area contributed by atoms with E-state index in [-0.39, 0.29) is 10.9 Å². The second kappa shape index (κ2) is 5.30. The number of fused-ring (bicyclic) bond motifs is 1. The van der Waals surface area contributed by atoms with Crippen LogP contribution in [0.3, 0.4) is 0 Å². The predicted molar refractivity (Wildman–Crippen MR) is 75.8 cm³/mol. The van der Waals surface area contributed by atoms with Crippen molar-refractivity contribution in [3.05, 3.63) is 24.0 Å². The SMILES string of the molecule is CCCC(N)Cc1nc2c(S(C)(=O)=O)cccc2[nH]1. The Morgan fingerprint density at radius 1 is 1.42 bits per heavy atom. The quantitative estimate of drug-likeness (QED) is 0.872. The predicted octanol–water partition coefficient (Wildman–Crippen LogP) is 1.64. The van der Waals surface area contributed by atoms with E-state index in [1.54, 1.807) is 12.1 Å². The number of para-hydroxylation sites is 1. The lowest BCUT2D eigenvalue weighted by Crippen LogP contribution is -2.22. The van der Waals surface area contributed by atoms with E-state index in [2.05, 4.69) is 16.9 Å². The highest BCUT2D eigenvalue weighted by Crippen LogP contribution is 2.21. The van der Waals surface area contributed by atoms with Crippen molar-refractivity contribution in [2.24, 2.45) is 5.73 Å². The Kier molecular flexibility index (Phi) is 3.91. The minimum atomic E-state index is -3.27. The summed E-state index contributed by atoms with van der Waals surface area (Å²) in [6.45, 7) is 2.08. The Hall–Kier alpha value is -1.40. The maximum absolute atomic E-state index is 11.7. The number of aromatic nitrogens is 2. The van der Waals surface area contributed by atoms with Gasteiger partial charge in [-0.15, -0.1) is 0 Å². The van der Waals surface area contributed by atoms with Crippen molar-refractivity contribution in [1.82, 2.24) is 9.97 Å². The second-order valence-corrected chi connectivity index (χ2v) is 6.85. The molecule has 0 aliphatic heterocycles. The van der Waals surface area contributed by atoms with Crippen molar-refractivity contribution in [3.63, 3.8) is 0 Å². The van der Waals surface area contributed by atoms with Crippen LogP contribution in [0.25, 0.3) is 11.0 Å². The van der Waals surface area contributed by atoms with Gasteiger partial charge in [0.05, 0.1) is 10.4 Å². The molecular weight excluding hydrogens is 262 g/mol. The zero-order valence-electron chi connectivity index (χ0n) is 11.2. The molecule has 1 atom stereocenters. The van der Waals surface area contributed by atoms with Crippen LogP contribution in [0.15, 0.2) is 23.1 Å². The standard InChI is InChI=1S/C13H19N3O2S/c1-3-5-9(14)8-12-15-10-6-4-7-11(13(10)16-12)19(2,17)18/h4,6-7,9H,3,5,8,14H2,1-2H3,(H,15,16). The molecule has 6 heteroatoms. The average Bonchev–Trinajstić information content (AvgIpc) is 2.69. The van der Waals surface area contributed by atoms with Crippen LogP contribution < -0.4 is 5.73 Å². The Bertz CT molecular complexity index is 676. The van der Waals surface area contributed by atoms with E-state index in [1.165, 1.54) is 6.26 Å². The molecular formula is C13H19N3O2S. The molecule has 0 aliphatic carbocycles. The molecule has 0 aliphatic rings. The molecule has 0 amide bonds. The molecule has 0 saturated heterocycles. The van der Waals surface area contributed by atoms with E-state index >= 15 is 0 Å². The third-order valence-corrected chi connectivity index (χ3v) is 4.17. The van der Waals surface area contributed by atoms with Gasteiger partial charge in [0.1, 0.15) is 11.3 Å². The van der Waals surface area contributed by atoms with Gasteiger partial charge in [-0.25, -0.2) is 13.4 Å². The monoisotopic (exact) mass is 281 g/mol. The van der Waals surface area contributed by atoms with Crippen molar-refractivity contribution in [2.45, 2.75) is 37.1 Å². The molecule has 0 fully saturated rings. The molecule has 3 N–H and O–H groups in total. The maximum Gasteiger partial charge on any atom is 0.177 e. The van der Waals surface area contributed by atoms with Gasteiger partial charge in [0.15, 0.2) is 9.84 Å². The van der Waals surface area contributed by atoms with E-state index in [0.717, 1.165) is 24.2 Å². The van der Waals surface area contributed by atoms with Gasteiger partial charge in [0.25, 0.3) is 0 Å². The van der Waals surface area contributed by atoms with Crippen LogP contribution >= 0.6 is 0 Å². The Morgan fingerprint density at radius 2 is 2.16 bits per heavy atom. The number of hydrogen-bond acceptors (Lipinski definition) is 4. The van der Waals surface area contributed by atoms with Crippen LogP contribution in [0.1, 0.15) is 25.6 Å². The first-order chi connectivity index (χ1) is 8.91. The number of H-pyrrole nitrogens is 1. The highest BCUT2D eigenvalue weighted by atomic mass is 32.2. The van der Waals surface area contributed by atoms with Crippen LogP contribution in [-0.4, -0.2) is 30.7 Å². The topological polar surface area (TPSA) is 88.8 Å². The fraction of sp³-hybridized carbons (Fsp3) is 0.462. The largest absolute Gasteiger partial charge is 0.342 e. The number of nitrogens with zero attached hydrogens (tertiary/aromatic N) is 1. The molecule has 1 aromatic carbocycles. The van der Waals surface area contributed by atoms with Crippen LogP contribution in [0.2, 0.25) is 0 Å². The third-order valence-electron chi connectivity index (χ3n) is 3.04. The summed E-state index contributed by atoms with van der Waals surface area (Å²) in [6.07, 6.45) is 3.77. The van der Waals surface area contributed by atoms with Crippen molar-refractivity contribution >= 4 is 20.9 Å². The smallest absolute Gasteiger partial charge is 0.177 e. The summed E-state index contributed by atoms with van der Waals surface area (Å²) in [5.74, 6) is 0.743. The Balaban J connectivity index is 2.41. The normalized spacial score (nSPS) is 13.8. The van der Waals surface area contributed by atoms with Crippen molar-refractivity contribution in [1.29, 1.82) is 0 Å². The van der Waals surface area contributed by atoms with E-state index in [4.69, 9.17) is 5.73 Å². The van der Waals surface area contributed by atoms with E-state index in [0.29, 0.717) is 11.9 Å². The highest BCUT2D eigenvalue weighted by Gasteiger charge is 2.15. The van der Waals surface area contributed by atoms with Gasteiger partial charge in [-0.1, -0.05) is 19.4 Å². The van der Waals surface area contributed by atoms with Crippen molar-refractivity contribution in [3.8, 4) is 0 Å². The van der Waals surface area contributed by atoms with Crippen molar-refractivity contribution < 1.29 is 8.42 Å². The lowest BCUT2D eigenvalue weighted by molar-refractivity contribution is 0.588. The molecule has 5 nitrogen and oxygen atoms in total. The van der Waals surface area contributed by atoms with E-state index in [1.807, 2.05) is 6.07 Å². The highest BCUT2D eigenvalue weighted by molar-refractivity contribution is 7.91. The lowest BCUT2D eigenvalue weighted by atomic mass is 10.1. The Labute approximate surface area is 113 Å². The lowest BCUT2D eigenvalue weighted by Gasteiger charge is -2.06. The van der Waals surface area contributed by atoms with Gasteiger partial charge < -0.3 is 10.7 Å². The first-order valence-corrected chi connectivity index (χ1v) is 8.24. The molecule has 0 bridgehead atoms. The maximum atomic E-state index is 11.7. The fourth-order valence-electron chi connectivity index (χ4n) is 2.17. The number of nitrogens with two attached hydrogens (primary N) is 1. The molecule has 0 spiro atoms. The van der Waals surface area contributed by atoms with Crippen LogP contribution in [-0.2, 0) is 16.3 Å². The molecule has 0 radical (unpaired) electrons. The van der Waals surface area contributed by atoms with Gasteiger partial charge in [-0.05, 0) is 18.6 Å². The fourth-order valence-corrected chi connectivity index (χ4v) is 3.01. The summed E-state index contributed by atoms with van der Waals surface area (Å²) in [6, 6.07) is 5.17. The number of rotatable bonds is 5. The number of benzene rings is 1. The average molecular weight is 281 g/mol. The second-order valence-electron chi connectivity index (χ2n) is 4.86. The summed E-state index contributed by atoms with van der Waals surface area (Å²) < 4.78 is 23.4. The van der Waals surface area contributed by atoms with Crippen LogP contribution in [0.4, 0.5) is 0 Å². The number of imidazole rings is 1. The minimum absolute atomic E-state index is 0.0484. The zero-order chi connectivity index (χ0) is 14.0. The summed E-state index contributed by atoms with van der Waals surface area (Å²) in [7, 11) is -3.27. The number of sulfone groups is 1. The minimum Gasteiger partial charge on any atom is -0.342 e. The molecule has 104 valence electrons. The van der Waals surface area contributed by atoms with E-state index in [9.17, 15) is 8.42 Å². The van der Waals surface area contributed by atoms with E-state index < -0.39 is 9.84 Å². The van der Waals surface area contributed by atoms with Gasteiger partial charge in [0, 0.05) is 18.7 Å². The molecule has 1 heterocycles. The van der Waals surface area contributed by atoms with Gasteiger partial charge in [-0.2, -0.15) is 0 Å². The van der Waals surface area contributed by atoms with Gasteiger partial charge >= 0.3 is 0 Å². The molecule has 1 unspecified atom stereocenters. The number of nitrogens with one attached hydrogen (secondary N) is 1. The molecule has 2 aromatic rings. The Morgan fingerprint density at radius 3 is 2.79 bits per heavy atom.